The first-order valence-electron chi connectivity index (χ1n) is 7.79. The van der Waals surface area contributed by atoms with Crippen molar-refractivity contribution in [1.82, 2.24) is 0 Å². The van der Waals surface area contributed by atoms with Gasteiger partial charge in [0.25, 0.3) is 20.2 Å². The van der Waals surface area contributed by atoms with Crippen LogP contribution in [0.15, 0.2) is 24.3 Å². The van der Waals surface area contributed by atoms with Crippen molar-refractivity contribution in [3.05, 3.63) is 29.8 Å². The van der Waals surface area contributed by atoms with Gasteiger partial charge in [-0.3, -0.25) is 9.11 Å². The smallest absolute Gasteiger partial charge is 0.372 e. The molecule has 0 radical (unpaired) electrons. The molecule has 0 heterocycles. The second kappa shape index (κ2) is 13.9. The minimum atomic E-state index is -3.94. The Labute approximate surface area is 201 Å². The fraction of sp³-hybridized carbons (Fsp3) is 0.600. The van der Waals surface area contributed by atoms with Gasteiger partial charge in [0.2, 0.25) is 0 Å². The van der Waals surface area contributed by atoms with Gasteiger partial charge in [0, 0.05) is 18.8 Å². The Hall–Kier alpha value is 0.840. The molecule has 0 bridgehead atoms. The summed E-state index contributed by atoms with van der Waals surface area (Å²) in [4.78, 5) is 2.06. The zero-order valence-electron chi connectivity index (χ0n) is 15.8. The molecule has 0 fully saturated rings. The maximum atomic E-state index is 10.8. The third-order valence-electron chi connectivity index (χ3n) is 3.53. The first-order chi connectivity index (χ1) is 11.1. The number of rotatable bonds is 11. The van der Waals surface area contributed by atoms with E-state index in [1.807, 2.05) is 31.2 Å². The summed E-state index contributed by atoms with van der Waals surface area (Å²) >= 11 is 0. The van der Waals surface area contributed by atoms with E-state index in [4.69, 9.17) is 9.11 Å². The molecule has 0 amide bonds. The van der Waals surface area contributed by atoms with Crippen molar-refractivity contribution in [2.24, 2.45) is 0 Å². The summed E-state index contributed by atoms with van der Waals surface area (Å²) < 4.78 is 60.6. The molecule has 1 aromatic rings. The first kappa shape index (κ1) is 29.0. The fourth-order valence-corrected chi connectivity index (χ4v) is 3.51. The minimum absolute atomic E-state index is 0. The summed E-state index contributed by atoms with van der Waals surface area (Å²) in [6.45, 7) is 3.17. The summed E-state index contributed by atoms with van der Waals surface area (Å²) in [6, 6.07) is 7.84. The predicted octanol–water partition coefficient (Wildman–Crippen LogP) is -3.85. The number of anilines is 1. The molecule has 7 nitrogen and oxygen atoms in total. The predicted molar refractivity (Wildman–Crippen MR) is 94.7 cm³/mol. The van der Waals surface area contributed by atoms with Crippen LogP contribution in [0.5, 0.6) is 0 Å². The third kappa shape index (κ3) is 14.8. The normalized spacial score (nSPS) is 11.3. The van der Waals surface area contributed by atoms with Gasteiger partial charge in [0.05, 0.1) is 11.5 Å². The van der Waals surface area contributed by atoms with Crippen LogP contribution in [0.25, 0.3) is 0 Å². The van der Waals surface area contributed by atoms with E-state index in [9.17, 15) is 16.8 Å². The molecule has 0 saturated heterocycles. The molecule has 0 saturated carbocycles. The SMILES string of the molecule is Cc1cccc(N(CCCCS(=O)(=O)O)CCCCS(=O)(=O)O)c1.[Na+].[Na+]. The van der Waals surface area contributed by atoms with Crippen LogP contribution in [0.1, 0.15) is 31.2 Å². The van der Waals surface area contributed by atoms with Gasteiger partial charge in [0.15, 0.2) is 0 Å². The monoisotopic (exact) mass is 425 g/mol. The van der Waals surface area contributed by atoms with Gasteiger partial charge in [0.1, 0.15) is 0 Å². The van der Waals surface area contributed by atoms with E-state index >= 15 is 0 Å². The largest absolute Gasteiger partial charge is 1.00 e. The quantitative estimate of drug-likeness (QED) is 0.212. The average molecular weight is 425 g/mol. The standard InChI is InChI=1S/C15H25NO6S2.2Na/c1-14-7-6-8-15(13-14)16(9-2-4-11-23(17,18)19)10-3-5-12-24(20,21)22;;/h6-8,13H,2-5,9-12H2,1H3,(H,17,18,19)(H,20,21,22);;/q;2*+1. The molecule has 0 aromatic heterocycles. The Kier molecular flexibility index (Phi) is 15.6. The number of hydrogen-bond donors (Lipinski definition) is 2. The Bertz CT molecular complexity index is 685. The Morgan fingerprint density at radius 1 is 0.846 bits per heavy atom. The van der Waals surface area contributed by atoms with Gasteiger partial charge in [-0.25, -0.2) is 0 Å². The average Bonchev–Trinajstić information content (AvgIpc) is 2.43. The molecule has 0 atom stereocenters. The maximum Gasteiger partial charge on any atom is 1.00 e. The van der Waals surface area contributed by atoms with E-state index in [-0.39, 0.29) is 70.6 Å². The van der Waals surface area contributed by atoms with Crippen LogP contribution < -0.4 is 64.0 Å². The zero-order valence-corrected chi connectivity index (χ0v) is 21.4. The van der Waals surface area contributed by atoms with E-state index in [2.05, 4.69) is 4.90 Å². The van der Waals surface area contributed by atoms with Gasteiger partial charge < -0.3 is 4.90 Å². The van der Waals surface area contributed by atoms with Gasteiger partial charge >= 0.3 is 59.1 Å². The third-order valence-corrected chi connectivity index (χ3v) is 5.14. The van der Waals surface area contributed by atoms with Gasteiger partial charge in [-0.15, -0.1) is 0 Å². The molecule has 0 spiro atoms. The van der Waals surface area contributed by atoms with Crippen LogP contribution in [0.2, 0.25) is 0 Å². The van der Waals surface area contributed by atoms with Crippen LogP contribution in [0, 0.1) is 6.92 Å². The molecule has 0 unspecified atom stereocenters. The van der Waals surface area contributed by atoms with Gasteiger partial charge in [-0.2, -0.15) is 16.8 Å². The molecule has 1 rings (SSSR count). The van der Waals surface area contributed by atoms with E-state index < -0.39 is 20.2 Å². The minimum Gasteiger partial charge on any atom is -0.372 e. The zero-order chi connectivity index (χ0) is 18.2. The van der Waals surface area contributed by atoms with Crippen LogP contribution in [0.3, 0.4) is 0 Å². The van der Waals surface area contributed by atoms with Crippen LogP contribution in [0.4, 0.5) is 5.69 Å². The van der Waals surface area contributed by atoms with Crippen LogP contribution >= 0.6 is 0 Å². The van der Waals surface area contributed by atoms with Crippen molar-refractivity contribution in [2.45, 2.75) is 32.6 Å². The molecule has 0 aliphatic rings. The topological polar surface area (TPSA) is 112 Å². The second-order valence-corrected chi connectivity index (χ2v) is 8.96. The molecule has 138 valence electrons. The van der Waals surface area contributed by atoms with Crippen molar-refractivity contribution in [2.75, 3.05) is 29.5 Å². The number of aryl methyl sites for hydroxylation is 1. The van der Waals surface area contributed by atoms with Gasteiger partial charge in [-0.05, 0) is 50.3 Å². The summed E-state index contributed by atoms with van der Waals surface area (Å²) in [5.41, 5.74) is 2.07. The van der Waals surface area contributed by atoms with Crippen molar-refractivity contribution in [1.29, 1.82) is 0 Å². The van der Waals surface area contributed by atoms with Crippen molar-refractivity contribution < 1.29 is 85.1 Å². The molecule has 0 aliphatic heterocycles. The number of unbranched alkanes of at least 4 members (excludes halogenated alkanes) is 2. The Balaban J connectivity index is 0. The summed E-state index contributed by atoms with van der Waals surface area (Å²) in [6.07, 6.45) is 1.89. The molecular formula is C15H25NNa2O6S2+2. The van der Waals surface area contributed by atoms with Crippen molar-refractivity contribution >= 4 is 25.9 Å². The van der Waals surface area contributed by atoms with E-state index in [1.165, 1.54) is 0 Å². The van der Waals surface area contributed by atoms with E-state index in [0.29, 0.717) is 38.8 Å². The number of hydrogen-bond acceptors (Lipinski definition) is 5. The molecule has 11 heteroatoms. The van der Waals surface area contributed by atoms with E-state index in [0.717, 1.165) is 11.3 Å². The van der Waals surface area contributed by atoms with E-state index in [1.54, 1.807) is 0 Å². The summed E-state index contributed by atoms with van der Waals surface area (Å²) in [5.74, 6) is -0.533. The van der Waals surface area contributed by atoms with Crippen molar-refractivity contribution in [3.63, 3.8) is 0 Å². The molecular weight excluding hydrogens is 400 g/mol. The fourth-order valence-electron chi connectivity index (χ4n) is 2.37. The summed E-state index contributed by atoms with van der Waals surface area (Å²) in [7, 11) is -7.89. The number of nitrogens with zero attached hydrogens (tertiary/aromatic N) is 1. The number of benzene rings is 1. The molecule has 26 heavy (non-hydrogen) atoms. The molecule has 2 N–H and O–H groups in total. The summed E-state index contributed by atoms with van der Waals surface area (Å²) in [5, 5.41) is 0. The first-order valence-corrected chi connectivity index (χ1v) is 11.0. The van der Waals surface area contributed by atoms with Crippen LogP contribution in [-0.2, 0) is 20.2 Å². The van der Waals surface area contributed by atoms with Crippen LogP contribution in [-0.4, -0.2) is 50.5 Å². The Morgan fingerprint density at radius 3 is 1.69 bits per heavy atom. The Morgan fingerprint density at radius 2 is 1.31 bits per heavy atom. The second-order valence-electron chi connectivity index (χ2n) is 5.81. The van der Waals surface area contributed by atoms with Crippen molar-refractivity contribution in [3.8, 4) is 0 Å². The molecule has 0 aliphatic carbocycles. The maximum absolute atomic E-state index is 10.8. The molecule has 1 aromatic carbocycles. The van der Waals surface area contributed by atoms with Gasteiger partial charge in [-0.1, -0.05) is 12.1 Å².